The van der Waals surface area contributed by atoms with Crippen molar-refractivity contribution in [2.75, 3.05) is 6.61 Å². The van der Waals surface area contributed by atoms with Crippen molar-refractivity contribution >= 4 is 17.6 Å². The first-order chi connectivity index (χ1) is 11.2. The zero-order chi connectivity index (χ0) is 17.2. The number of halogens is 1. The van der Waals surface area contributed by atoms with Crippen LogP contribution in [0, 0.1) is 0 Å². The van der Waals surface area contributed by atoms with E-state index >= 15 is 0 Å². The van der Waals surface area contributed by atoms with E-state index in [0.29, 0.717) is 12.0 Å². The Balaban J connectivity index is 3.04. The fraction of sp³-hybridized carbons (Fsp3) is 0.950. The van der Waals surface area contributed by atoms with E-state index < -0.39 is 0 Å². The van der Waals surface area contributed by atoms with Crippen molar-refractivity contribution in [3.05, 3.63) is 0 Å². The van der Waals surface area contributed by atoms with Crippen LogP contribution in [0.3, 0.4) is 0 Å². The molecule has 23 heavy (non-hydrogen) atoms. The molecule has 1 unspecified atom stereocenters. The third-order valence-electron chi connectivity index (χ3n) is 4.32. The molecule has 0 amide bonds. The minimum absolute atomic E-state index is 0.159. The molecule has 0 saturated carbocycles. The number of ether oxygens (including phenoxy) is 1. The van der Waals surface area contributed by atoms with Gasteiger partial charge in [-0.15, -0.1) is 11.6 Å². The van der Waals surface area contributed by atoms with Gasteiger partial charge in [-0.1, -0.05) is 84.0 Å². The lowest BCUT2D eigenvalue weighted by Crippen LogP contribution is -2.00. The summed E-state index contributed by atoms with van der Waals surface area (Å²) in [4.78, 5) is 10.6. The predicted octanol–water partition coefficient (Wildman–Crippen LogP) is 7.03. The van der Waals surface area contributed by atoms with Gasteiger partial charge in [0.2, 0.25) is 0 Å². The van der Waals surface area contributed by atoms with Gasteiger partial charge in [-0.25, -0.2) is 0 Å². The molecule has 0 aromatic carbocycles. The normalized spacial score (nSPS) is 12.3. The molecule has 0 aromatic rings. The van der Waals surface area contributed by atoms with Crippen LogP contribution in [0.5, 0.6) is 0 Å². The molecule has 2 nitrogen and oxygen atoms in total. The van der Waals surface area contributed by atoms with E-state index in [1.165, 1.54) is 96.8 Å². The molecule has 0 heterocycles. The van der Waals surface area contributed by atoms with Crippen molar-refractivity contribution in [1.29, 1.82) is 0 Å². The minimum Gasteiger partial charge on any atom is -0.466 e. The third kappa shape index (κ3) is 19.7. The number of alkyl halides is 1. The summed E-state index contributed by atoms with van der Waals surface area (Å²) in [7, 11) is 0. The van der Waals surface area contributed by atoms with Crippen LogP contribution in [0.15, 0.2) is 0 Å². The van der Waals surface area contributed by atoms with Crippen LogP contribution in [-0.2, 0) is 9.53 Å². The monoisotopic (exact) mass is 346 g/mol. The van der Waals surface area contributed by atoms with Gasteiger partial charge in [0, 0.05) is 12.3 Å². The topological polar surface area (TPSA) is 26.3 Å². The molecule has 0 bridgehead atoms. The highest BCUT2D eigenvalue weighted by atomic mass is 35.5. The number of carbonyl (C=O) groups is 1. The highest BCUT2D eigenvalue weighted by molar-refractivity contribution is 6.20. The number of esters is 1. The fourth-order valence-corrected chi connectivity index (χ4v) is 3.28. The zero-order valence-corrected chi connectivity index (χ0v) is 16.3. The van der Waals surface area contributed by atoms with Crippen molar-refractivity contribution in [3.63, 3.8) is 0 Å². The second kappa shape index (κ2) is 18.1. The van der Waals surface area contributed by atoms with E-state index in [4.69, 9.17) is 16.3 Å². The number of carbonyl (C=O) groups excluding carboxylic acids is 1. The minimum atomic E-state index is -0.159. The molecule has 0 fully saturated rings. The van der Waals surface area contributed by atoms with Gasteiger partial charge >= 0.3 is 5.97 Å². The molecular weight excluding hydrogens is 308 g/mol. The van der Waals surface area contributed by atoms with Crippen LogP contribution >= 0.6 is 11.6 Å². The van der Waals surface area contributed by atoms with E-state index in [2.05, 4.69) is 6.92 Å². The molecule has 3 heteroatoms. The average molecular weight is 347 g/mol. The zero-order valence-electron chi connectivity index (χ0n) is 15.6. The smallest absolute Gasteiger partial charge is 0.302 e. The number of hydrogen-bond donors (Lipinski definition) is 0. The molecular formula is C20H39ClO2. The molecule has 0 aromatic heterocycles. The van der Waals surface area contributed by atoms with Gasteiger partial charge in [-0.3, -0.25) is 4.79 Å². The maximum absolute atomic E-state index is 10.6. The first-order valence-electron chi connectivity index (χ1n) is 9.94. The molecule has 0 saturated heterocycles. The van der Waals surface area contributed by atoms with Gasteiger partial charge in [0.1, 0.15) is 0 Å². The molecule has 1 atom stereocenters. The molecule has 0 radical (unpaired) electrons. The quantitative estimate of drug-likeness (QED) is 0.160. The third-order valence-corrected chi connectivity index (χ3v) is 4.76. The van der Waals surface area contributed by atoms with Gasteiger partial charge in [0.25, 0.3) is 0 Å². The van der Waals surface area contributed by atoms with Crippen LogP contribution in [0.1, 0.15) is 110 Å². The highest BCUT2D eigenvalue weighted by Gasteiger charge is 2.02. The van der Waals surface area contributed by atoms with Crippen LogP contribution in [0.25, 0.3) is 0 Å². The first kappa shape index (κ1) is 22.8. The summed E-state index contributed by atoms with van der Waals surface area (Å²) < 4.78 is 4.92. The van der Waals surface area contributed by atoms with Crippen LogP contribution < -0.4 is 0 Å². The SMILES string of the molecule is CCCC(Cl)CCCCCCCCCCCCCCOC(C)=O. The largest absolute Gasteiger partial charge is 0.466 e. The van der Waals surface area contributed by atoms with Crippen molar-refractivity contribution in [2.24, 2.45) is 0 Å². The molecule has 0 N–H and O–H groups in total. The lowest BCUT2D eigenvalue weighted by molar-refractivity contribution is -0.141. The summed E-state index contributed by atoms with van der Waals surface area (Å²) in [5, 5.41) is 0.411. The van der Waals surface area contributed by atoms with Crippen molar-refractivity contribution < 1.29 is 9.53 Å². The highest BCUT2D eigenvalue weighted by Crippen LogP contribution is 2.16. The van der Waals surface area contributed by atoms with E-state index in [-0.39, 0.29) is 5.97 Å². The van der Waals surface area contributed by atoms with Crippen molar-refractivity contribution in [2.45, 2.75) is 116 Å². The van der Waals surface area contributed by atoms with Crippen LogP contribution in [-0.4, -0.2) is 18.0 Å². The van der Waals surface area contributed by atoms with Gasteiger partial charge < -0.3 is 4.74 Å². The Labute approximate surface area is 149 Å². The molecule has 0 spiro atoms. The summed E-state index contributed by atoms with van der Waals surface area (Å²) in [5.41, 5.74) is 0. The lowest BCUT2D eigenvalue weighted by Gasteiger charge is -2.07. The Morgan fingerprint density at radius 3 is 1.65 bits per heavy atom. The maximum Gasteiger partial charge on any atom is 0.302 e. The summed E-state index contributed by atoms with van der Waals surface area (Å²) >= 11 is 6.22. The Bertz CT molecular complexity index is 256. The Kier molecular flexibility index (Phi) is 17.9. The second-order valence-electron chi connectivity index (χ2n) is 6.76. The Morgan fingerprint density at radius 1 is 0.783 bits per heavy atom. The standard InChI is InChI=1S/C20H39ClO2/c1-3-16-20(21)17-14-12-10-8-6-4-5-7-9-11-13-15-18-23-19(2)22/h20H,3-18H2,1-2H3. The lowest BCUT2D eigenvalue weighted by atomic mass is 10.0. The van der Waals surface area contributed by atoms with Crippen LogP contribution in [0.2, 0.25) is 0 Å². The predicted molar refractivity (Wildman–Crippen MR) is 101 cm³/mol. The number of rotatable bonds is 17. The molecule has 0 aliphatic heterocycles. The van der Waals surface area contributed by atoms with E-state index in [1.807, 2.05) is 0 Å². The van der Waals surface area contributed by atoms with Gasteiger partial charge in [0.15, 0.2) is 0 Å². The molecule has 0 aliphatic rings. The molecule has 138 valence electrons. The van der Waals surface area contributed by atoms with Crippen molar-refractivity contribution in [1.82, 2.24) is 0 Å². The van der Waals surface area contributed by atoms with Crippen LogP contribution in [0.4, 0.5) is 0 Å². The molecule has 0 rings (SSSR count). The van der Waals surface area contributed by atoms with Gasteiger partial charge in [-0.05, 0) is 19.3 Å². The van der Waals surface area contributed by atoms with Crippen molar-refractivity contribution in [3.8, 4) is 0 Å². The average Bonchev–Trinajstić information content (AvgIpc) is 2.51. The first-order valence-corrected chi connectivity index (χ1v) is 10.4. The second-order valence-corrected chi connectivity index (χ2v) is 7.37. The maximum atomic E-state index is 10.6. The summed E-state index contributed by atoms with van der Waals surface area (Å²) in [5.74, 6) is -0.159. The fourth-order valence-electron chi connectivity index (χ4n) is 2.91. The Morgan fingerprint density at radius 2 is 1.22 bits per heavy atom. The summed E-state index contributed by atoms with van der Waals surface area (Å²) in [6, 6.07) is 0. The van der Waals surface area contributed by atoms with E-state index in [0.717, 1.165) is 6.42 Å². The van der Waals surface area contributed by atoms with E-state index in [9.17, 15) is 4.79 Å². The van der Waals surface area contributed by atoms with E-state index in [1.54, 1.807) is 0 Å². The van der Waals surface area contributed by atoms with Gasteiger partial charge in [-0.2, -0.15) is 0 Å². The van der Waals surface area contributed by atoms with Gasteiger partial charge in [0.05, 0.1) is 6.61 Å². The number of unbranched alkanes of at least 4 members (excludes halogenated alkanes) is 11. The number of hydrogen-bond acceptors (Lipinski definition) is 2. The summed E-state index contributed by atoms with van der Waals surface area (Å²) in [6.07, 6.45) is 19.3. The summed E-state index contributed by atoms with van der Waals surface area (Å²) in [6.45, 7) is 4.28. The molecule has 0 aliphatic carbocycles. The Hall–Kier alpha value is -0.240.